The second-order valence-electron chi connectivity index (χ2n) is 5.86. The number of carbonyl (C=O) groups excluding carboxylic acids is 2. The molecule has 0 radical (unpaired) electrons. The normalized spacial score (nSPS) is 11.5. The maximum Gasteiger partial charge on any atom is 0.274 e. The first-order valence-corrected chi connectivity index (χ1v) is 8.18. The van der Waals surface area contributed by atoms with Crippen molar-refractivity contribution < 1.29 is 9.59 Å². The quantitative estimate of drug-likeness (QED) is 0.750. The Morgan fingerprint density at radius 1 is 1.12 bits per heavy atom. The van der Waals surface area contributed by atoms with Gasteiger partial charge in [-0.15, -0.1) is 0 Å². The first-order valence-electron chi connectivity index (χ1n) is 8.18. The van der Waals surface area contributed by atoms with Gasteiger partial charge >= 0.3 is 0 Å². The molecule has 132 valence electrons. The molecule has 2 rings (SSSR count). The molecule has 0 aliphatic heterocycles. The van der Waals surface area contributed by atoms with Gasteiger partial charge in [0.2, 0.25) is 5.91 Å². The highest BCUT2D eigenvalue weighted by Gasteiger charge is 2.12. The summed E-state index contributed by atoms with van der Waals surface area (Å²) in [6, 6.07) is 8.81. The van der Waals surface area contributed by atoms with Crippen LogP contribution < -0.4 is 16.0 Å². The molecule has 0 aliphatic carbocycles. The van der Waals surface area contributed by atoms with Crippen LogP contribution in [0.25, 0.3) is 0 Å². The molecule has 0 fully saturated rings. The lowest BCUT2D eigenvalue weighted by molar-refractivity contribution is -0.114. The molecule has 1 aromatic heterocycles. The zero-order valence-corrected chi connectivity index (χ0v) is 14.9. The van der Waals surface area contributed by atoms with Crippen LogP contribution in [0.4, 0.5) is 17.2 Å². The molecular formula is C18H23N5O2. The van der Waals surface area contributed by atoms with Crippen LogP contribution in [0.3, 0.4) is 0 Å². The predicted molar refractivity (Wildman–Crippen MR) is 98.8 cm³/mol. The monoisotopic (exact) mass is 341 g/mol. The molecule has 1 aromatic carbocycles. The number of nitrogens with zero attached hydrogens (tertiary/aromatic N) is 2. The van der Waals surface area contributed by atoms with Gasteiger partial charge in [0.1, 0.15) is 17.3 Å². The third-order valence-electron chi connectivity index (χ3n) is 3.52. The summed E-state index contributed by atoms with van der Waals surface area (Å²) in [5, 5.41) is 8.71. The number of benzene rings is 1. The van der Waals surface area contributed by atoms with Gasteiger partial charge in [0.15, 0.2) is 0 Å². The van der Waals surface area contributed by atoms with Crippen molar-refractivity contribution in [2.45, 2.75) is 40.2 Å². The number of carbonyl (C=O) groups is 2. The Morgan fingerprint density at radius 2 is 1.80 bits per heavy atom. The molecule has 3 N–H and O–H groups in total. The Balaban J connectivity index is 2.16. The summed E-state index contributed by atoms with van der Waals surface area (Å²) in [5.41, 5.74) is 1.47. The standard InChI is InChI=1S/C18H23N5O2/c1-5-11(2)19-17-10-16(20-12(3)21-17)18(25)23-15-8-6-7-14(9-15)22-13(4)24/h6-11H,5H2,1-4H3,(H,22,24)(H,23,25)(H,19,20,21). The number of hydrogen-bond donors (Lipinski definition) is 3. The van der Waals surface area contributed by atoms with Crippen LogP contribution in [0, 0.1) is 6.92 Å². The van der Waals surface area contributed by atoms with Gasteiger partial charge in [0.25, 0.3) is 5.91 Å². The molecule has 2 amide bonds. The minimum absolute atomic E-state index is 0.171. The average Bonchev–Trinajstić information content (AvgIpc) is 2.53. The number of amides is 2. The molecule has 0 saturated carbocycles. The summed E-state index contributed by atoms with van der Waals surface area (Å²) in [5.74, 6) is 0.637. The van der Waals surface area contributed by atoms with Crippen molar-refractivity contribution in [3.05, 3.63) is 41.9 Å². The fourth-order valence-corrected chi connectivity index (χ4v) is 2.19. The summed E-state index contributed by atoms with van der Waals surface area (Å²) in [6.07, 6.45) is 0.945. The molecule has 0 saturated heterocycles. The SMILES string of the molecule is CCC(C)Nc1cc(C(=O)Nc2cccc(NC(C)=O)c2)nc(C)n1. The Labute approximate surface area is 147 Å². The van der Waals surface area contributed by atoms with Gasteiger partial charge in [0, 0.05) is 30.4 Å². The molecule has 7 heteroatoms. The summed E-state index contributed by atoms with van der Waals surface area (Å²) in [7, 11) is 0. The van der Waals surface area contributed by atoms with Gasteiger partial charge in [0.05, 0.1) is 0 Å². The van der Waals surface area contributed by atoms with Crippen LogP contribution in [0.2, 0.25) is 0 Å². The van der Waals surface area contributed by atoms with E-state index in [9.17, 15) is 9.59 Å². The second kappa shape index (κ2) is 8.23. The third-order valence-corrected chi connectivity index (χ3v) is 3.52. The smallest absolute Gasteiger partial charge is 0.274 e. The second-order valence-corrected chi connectivity index (χ2v) is 5.86. The van der Waals surface area contributed by atoms with Crippen LogP contribution in [0.1, 0.15) is 43.5 Å². The molecule has 25 heavy (non-hydrogen) atoms. The summed E-state index contributed by atoms with van der Waals surface area (Å²) >= 11 is 0. The predicted octanol–water partition coefficient (Wildman–Crippen LogP) is 3.21. The van der Waals surface area contributed by atoms with Gasteiger partial charge in [-0.05, 0) is 38.5 Å². The zero-order chi connectivity index (χ0) is 18.4. The molecule has 1 unspecified atom stereocenters. The van der Waals surface area contributed by atoms with Gasteiger partial charge in [-0.25, -0.2) is 9.97 Å². The molecule has 0 spiro atoms. The molecule has 0 aliphatic rings. The van der Waals surface area contributed by atoms with E-state index in [-0.39, 0.29) is 23.6 Å². The molecule has 0 bridgehead atoms. The van der Waals surface area contributed by atoms with E-state index >= 15 is 0 Å². The first-order chi connectivity index (χ1) is 11.9. The number of hydrogen-bond acceptors (Lipinski definition) is 5. The van der Waals surface area contributed by atoms with Gasteiger partial charge in [-0.1, -0.05) is 13.0 Å². The highest BCUT2D eigenvalue weighted by Crippen LogP contribution is 2.17. The van der Waals surface area contributed by atoms with Crippen molar-refractivity contribution in [3.8, 4) is 0 Å². The summed E-state index contributed by atoms with van der Waals surface area (Å²) in [6.45, 7) is 7.29. The van der Waals surface area contributed by atoms with Crippen molar-refractivity contribution in [1.82, 2.24) is 9.97 Å². The minimum Gasteiger partial charge on any atom is -0.368 e. The number of aryl methyl sites for hydroxylation is 1. The number of aromatic nitrogens is 2. The van der Waals surface area contributed by atoms with Crippen molar-refractivity contribution in [1.29, 1.82) is 0 Å². The van der Waals surface area contributed by atoms with E-state index in [1.54, 1.807) is 37.3 Å². The van der Waals surface area contributed by atoms with Crippen molar-refractivity contribution in [2.24, 2.45) is 0 Å². The minimum atomic E-state index is -0.335. The number of nitrogens with one attached hydrogen (secondary N) is 3. The summed E-state index contributed by atoms with van der Waals surface area (Å²) in [4.78, 5) is 32.1. The highest BCUT2D eigenvalue weighted by molar-refractivity contribution is 6.03. The Kier molecular flexibility index (Phi) is 6.05. The van der Waals surface area contributed by atoms with Crippen LogP contribution in [0.5, 0.6) is 0 Å². The third kappa shape index (κ3) is 5.56. The van der Waals surface area contributed by atoms with Gasteiger partial charge in [-0.3, -0.25) is 9.59 Å². The zero-order valence-electron chi connectivity index (χ0n) is 14.9. The lowest BCUT2D eigenvalue weighted by Gasteiger charge is -2.13. The maximum atomic E-state index is 12.5. The number of rotatable bonds is 6. The van der Waals surface area contributed by atoms with Crippen LogP contribution >= 0.6 is 0 Å². The fourth-order valence-electron chi connectivity index (χ4n) is 2.19. The fraction of sp³-hybridized carbons (Fsp3) is 0.333. The van der Waals surface area contributed by atoms with Gasteiger partial charge in [-0.2, -0.15) is 0 Å². The molecule has 1 heterocycles. The van der Waals surface area contributed by atoms with E-state index in [0.29, 0.717) is 23.0 Å². The maximum absolute atomic E-state index is 12.5. The van der Waals surface area contributed by atoms with Gasteiger partial charge < -0.3 is 16.0 Å². The van der Waals surface area contributed by atoms with E-state index in [1.165, 1.54) is 6.92 Å². The van der Waals surface area contributed by atoms with E-state index in [1.807, 2.05) is 6.92 Å². The molecule has 7 nitrogen and oxygen atoms in total. The van der Waals surface area contributed by atoms with E-state index < -0.39 is 0 Å². The molecule has 2 aromatic rings. The van der Waals surface area contributed by atoms with E-state index in [4.69, 9.17) is 0 Å². The first kappa shape index (κ1) is 18.4. The van der Waals surface area contributed by atoms with Crippen molar-refractivity contribution in [2.75, 3.05) is 16.0 Å². The van der Waals surface area contributed by atoms with Crippen LogP contribution in [-0.2, 0) is 4.79 Å². The lowest BCUT2D eigenvalue weighted by atomic mass is 10.2. The molecule has 1 atom stereocenters. The van der Waals surface area contributed by atoms with Crippen molar-refractivity contribution >= 4 is 29.0 Å². The average molecular weight is 341 g/mol. The Bertz CT molecular complexity index is 776. The largest absolute Gasteiger partial charge is 0.368 e. The van der Waals surface area contributed by atoms with Crippen molar-refractivity contribution in [3.63, 3.8) is 0 Å². The Morgan fingerprint density at radius 3 is 2.44 bits per heavy atom. The Hall–Kier alpha value is -2.96. The lowest BCUT2D eigenvalue weighted by Crippen LogP contribution is -2.18. The highest BCUT2D eigenvalue weighted by atomic mass is 16.2. The van der Waals surface area contributed by atoms with E-state index in [2.05, 4.69) is 32.8 Å². The summed E-state index contributed by atoms with van der Waals surface area (Å²) < 4.78 is 0. The topological polar surface area (TPSA) is 96.0 Å². The van der Waals surface area contributed by atoms with E-state index in [0.717, 1.165) is 6.42 Å². The molecular weight excluding hydrogens is 318 g/mol. The van der Waals surface area contributed by atoms with Crippen LogP contribution in [0.15, 0.2) is 30.3 Å². The number of anilines is 3. The van der Waals surface area contributed by atoms with Crippen LogP contribution in [-0.4, -0.2) is 27.8 Å².